The molecule has 1 aliphatic heterocycles. The van der Waals surface area contributed by atoms with Crippen LogP contribution in [0.1, 0.15) is 52.4 Å². The number of amides is 1. The smallest absolute Gasteiger partial charge is 0.224 e. The van der Waals surface area contributed by atoms with Crippen molar-refractivity contribution in [2.45, 2.75) is 58.4 Å². The summed E-state index contributed by atoms with van der Waals surface area (Å²) in [5.74, 6) is 1.14. The number of halogens is 1. The van der Waals surface area contributed by atoms with Crippen molar-refractivity contribution in [3.8, 4) is 0 Å². The zero-order valence-electron chi connectivity index (χ0n) is 14.6. The SMILES string of the molecule is CCCCN(C)C(=NC)NCCC(=O)N1CCCCC1C.I. The summed E-state index contributed by atoms with van der Waals surface area (Å²) in [7, 11) is 3.83. The summed E-state index contributed by atoms with van der Waals surface area (Å²) in [6.45, 7) is 6.91. The first kappa shape index (κ1) is 21.5. The number of guanidine groups is 1. The minimum atomic E-state index is 0. The van der Waals surface area contributed by atoms with Crippen molar-refractivity contribution >= 4 is 35.8 Å². The van der Waals surface area contributed by atoms with Crippen molar-refractivity contribution in [3.05, 3.63) is 0 Å². The fraction of sp³-hybridized carbons (Fsp3) is 0.875. The fourth-order valence-electron chi connectivity index (χ4n) is 2.78. The van der Waals surface area contributed by atoms with E-state index in [1.807, 2.05) is 11.9 Å². The molecule has 1 unspecified atom stereocenters. The van der Waals surface area contributed by atoms with Crippen LogP contribution in [0, 0.1) is 0 Å². The Hall–Kier alpha value is -0.530. The number of nitrogens with one attached hydrogen (secondary N) is 1. The quantitative estimate of drug-likeness (QED) is 0.405. The highest BCUT2D eigenvalue weighted by atomic mass is 127. The van der Waals surface area contributed by atoms with Crippen molar-refractivity contribution in [2.75, 3.05) is 33.7 Å². The first-order valence-corrected chi connectivity index (χ1v) is 8.31. The Bertz CT molecular complexity index is 349. The van der Waals surface area contributed by atoms with E-state index in [1.54, 1.807) is 7.05 Å². The predicted molar refractivity (Wildman–Crippen MR) is 104 cm³/mol. The largest absolute Gasteiger partial charge is 0.356 e. The van der Waals surface area contributed by atoms with E-state index < -0.39 is 0 Å². The molecule has 6 heteroatoms. The summed E-state index contributed by atoms with van der Waals surface area (Å²) < 4.78 is 0. The molecular formula is C16H33IN4O. The molecule has 0 radical (unpaired) electrons. The van der Waals surface area contributed by atoms with Crippen LogP contribution in [0.5, 0.6) is 0 Å². The van der Waals surface area contributed by atoms with Crippen LogP contribution in [-0.4, -0.2) is 61.4 Å². The van der Waals surface area contributed by atoms with Gasteiger partial charge in [0.05, 0.1) is 0 Å². The van der Waals surface area contributed by atoms with Gasteiger partial charge in [0.25, 0.3) is 0 Å². The van der Waals surface area contributed by atoms with Crippen LogP contribution >= 0.6 is 24.0 Å². The van der Waals surface area contributed by atoms with E-state index in [4.69, 9.17) is 0 Å². The summed E-state index contributed by atoms with van der Waals surface area (Å²) in [6.07, 6.45) is 6.41. The van der Waals surface area contributed by atoms with Gasteiger partial charge in [0.1, 0.15) is 0 Å². The second-order valence-corrected chi connectivity index (χ2v) is 5.93. The third-order valence-corrected chi connectivity index (χ3v) is 4.17. The summed E-state index contributed by atoms with van der Waals surface area (Å²) in [5.41, 5.74) is 0. The Morgan fingerprint density at radius 2 is 2.14 bits per heavy atom. The first-order valence-electron chi connectivity index (χ1n) is 8.31. The lowest BCUT2D eigenvalue weighted by molar-refractivity contribution is -0.134. The van der Waals surface area contributed by atoms with E-state index in [2.05, 4.69) is 29.1 Å². The molecule has 0 bridgehead atoms. The van der Waals surface area contributed by atoms with Gasteiger partial charge in [-0.3, -0.25) is 9.79 Å². The number of unbranched alkanes of at least 4 members (excludes halogenated alkanes) is 1. The molecule has 1 heterocycles. The lowest BCUT2D eigenvalue weighted by Crippen LogP contribution is -2.44. The molecule has 1 rings (SSSR count). The molecule has 1 amide bonds. The summed E-state index contributed by atoms with van der Waals surface area (Å²) in [5, 5.41) is 3.29. The van der Waals surface area contributed by atoms with Crippen LogP contribution in [0.3, 0.4) is 0 Å². The monoisotopic (exact) mass is 424 g/mol. The molecule has 0 aromatic heterocycles. The van der Waals surface area contributed by atoms with Gasteiger partial charge in [-0.1, -0.05) is 13.3 Å². The average molecular weight is 424 g/mol. The average Bonchev–Trinajstić information content (AvgIpc) is 2.49. The Kier molecular flexibility index (Phi) is 11.7. The molecule has 5 nitrogen and oxygen atoms in total. The predicted octanol–water partition coefficient (Wildman–Crippen LogP) is 2.70. The Balaban J connectivity index is 0.00000441. The van der Waals surface area contributed by atoms with Gasteiger partial charge in [0.2, 0.25) is 5.91 Å². The van der Waals surface area contributed by atoms with Crippen molar-refractivity contribution in [1.29, 1.82) is 0 Å². The van der Waals surface area contributed by atoms with Gasteiger partial charge in [-0.25, -0.2) is 0 Å². The van der Waals surface area contributed by atoms with Gasteiger partial charge < -0.3 is 15.1 Å². The first-order chi connectivity index (χ1) is 10.1. The molecule has 0 spiro atoms. The number of aliphatic imine (C=N–C) groups is 1. The molecule has 22 heavy (non-hydrogen) atoms. The molecule has 0 saturated carbocycles. The molecular weight excluding hydrogens is 391 g/mol. The minimum Gasteiger partial charge on any atom is -0.356 e. The van der Waals surface area contributed by atoms with E-state index in [0.717, 1.165) is 38.3 Å². The van der Waals surface area contributed by atoms with E-state index >= 15 is 0 Å². The Morgan fingerprint density at radius 1 is 1.41 bits per heavy atom. The fourth-order valence-corrected chi connectivity index (χ4v) is 2.78. The normalized spacial score (nSPS) is 18.6. The molecule has 0 aromatic rings. The standard InChI is InChI=1S/C16H32N4O.HI/c1-5-6-12-19(4)16(17-3)18-11-10-15(21)20-13-8-7-9-14(20)2;/h14H,5-13H2,1-4H3,(H,17,18);1H. The second-order valence-electron chi connectivity index (χ2n) is 5.93. The van der Waals surface area contributed by atoms with Crippen LogP contribution < -0.4 is 5.32 Å². The van der Waals surface area contributed by atoms with E-state index in [1.165, 1.54) is 12.8 Å². The maximum absolute atomic E-state index is 12.3. The number of nitrogens with zero attached hydrogens (tertiary/aromatic N) is 3. The lowest BCUT2D eigenvalue weighted by atomic mass is 10.0. The number of piperidine rings is 1. The third kappa shape index (κ3) is 7.15. The van der Waals surface area contributed by atoms with Crippen molar-refractivity contribution < 1.29 is 4.79 Å². The number of carbonyl (C=O) groups excluding carboxylic acids is 1. The van der Waals surface area contributed by atoms with Crippen LogP contribution in [0.2, 0.25) is 0 Å². The molecule has 1 atom stereocenters. The zero-order chi connectivity index (χ0) is 15.7. The summed E-state index contributed by atoms with van der Waals surface area (Å²) >= 11 is 0. The molecule has 1 N–H and O–H groups in total. The minimum absolute atomic E-state index is 0. The molecule has 1 saturated heterocycles. The lowest BCUT2D eigenvalue weighted by Gasteiger charge is -2.33. The van der Waals surface area contributed by atoms with Gasteiger partial charge in [-0.2, -0.15) is 0 Å². The highest BCUT2D eigenvalue weighted by Crippen LogP contribution is 2.16. The highest BCUT2D eigenvalue weighted by Gasteiger charge is 2.22. The molecule has 1 aliphatic rings. The zero-order valence-corrected chi connectivity index (χ0v) is 16.9. The maximum atomic E-state index is 12.3. The van der Waals surface area contributed by atoms with Gasteiger partial charge in [-0.15, -0.1) is 24.0 Å². The van der Waals surface area contributed by atoms with Crippen LogP contribution in [0.4, 0.5) is 0 Å². The van der Waals surface area contributed by atoms with Crippen LogP contribution in [0.15, 0.2) is 4.99 Å². The van der Waals surface area contributed by atoms with Crippen LogP contribution in [-0.2, 0) is 4.79 Å². The summed E-state index contributed by atoms with van der Waals surface area (Å²) in [4.78, 5) is 20.7. The number of rotatable bonds is 6. The second kappa shape index (κ2) is 12.0. The Labute approximate surface area is 152 Å². The van der Waals surface area contributed by atoms with Crippen molar-refractivity contribution in [2.24, 2.45) is 4.99 Å². The van der Waals surface area contributed by atoms with Gasteiger partial charge >= 0.3 is 0 Å². The number of hydrogen-bond acceptors (Lipinski definition) is 2. The molecule has 0 aromatic carbocycles. The molecule has 1 fully saturated rings. The van der Waals surface area contributed by atoms with Gasteiger partial charge in [0, 0.05) is 46.2 Å². The van der Waals surface area contributed by atoms with Crippen LogP contribution in [0.25, 0.3) is 0 Å². The molecule has 0 aliphatic carbocycles. The number of carbonyl (C=O) groups is 1. The highest BCUT2D eigenvalue weighted by molar-refractivity contribution is 14.0. The van der Waals surface area contributed by atoms with Gasteiger partial charge in [-0.05, 0) is 32.6 Å². The van der Waals surface area contributed by atoms with Crippen molar-refractivity contribution in [3.63, 3.8) is 0 Å². The third-order valence-electron chi connectivity index (χ3n) is 4.17. The summed E-state index contributed by atoms with van der Waals surface area (Å²) in [6, 6.07) is 0.401. The number of hydrogen-bond donors (Lipinski definition) is 1. The van der Waals surface area contributed by atoms with E-state index in [9.17, 15) is 4.79 Å². The van der Waals surface area contributed by atoms with E-state index in [0.29, 0.717) is 19.0 Å². The molecule has 130 valence electrons. The maximum Gasteiger partial charge on any atom is 0.224 e. The van der Waals surface area contributed by atoms with Crippen molar-refractivity contribution in [1.82, 2.24) is 15.1 Å². The topological polar surface area (TPSA) is 47.9 Å². The van der Waals surface area contributed by atoms with Gasteiger partial charge in [0.15, 0.2) is 5.96 Å². The van der Waals surface area contributed by atoms with E-state index in [-0.39, 0.29) is 29.9 Å². The number of likely N-dealkylation sites (tertiary alicyclic amines) is 1. The Morgan fingerprint density at radius 3 is 2.73 bits per heavy atom.